The molecule has 1 heterocycles. The third-order valence-electron chi connectivity index (χ3n) is 3.41. The molecule has 2 aromatic rings. The number of carbonyl (C=O) groups excluding carboxylic acids is 1. The van der Waals surface area contributed by atoms with Gasteiger partial charge in [-0.15, -0.1) is 0 Å². The van der Waals surface area contributed by atoms with E-state index < -0.39 is 10.0 Å². The van der Waals surface area contributed by atoms with Crippen molar-refractivity contribution in [3.8, 4) is 5.75 Å². The molecule has 0 unspecified atom stereocenters. The Labute approximate surface area is 151 Å². The largest absolute Gasteiger partial charge is 0.495 e. The van der Waals surface area contributed by atoms with Crippen LogP contribution in [0.2, 0.25) is 5.02 Å². The summed E-state index contributed by atoms with van der Waals surface area (Å²) in [6.07, 6.45) is 2.59. The average Bonchev–Trinajstić information content (AvgIpc) is 3.05. The second kappa shape index (κ2) is 8.26. The summed E-state index contributed by atoms with van der Waals surface area (Å²) >= 11 is 6.06. The lowest BCUT2D eigenvalue weighted by molar-refractivity contribution is -0.121. The van der Waals surface area contributed by atoms with Crippen LogP contribution in [0.15, 0.2) is 41.0 Å². The van der Waals surface area contributed by atoms with Crippen LogP contribution >= 0.6 is 11.6 Å². The van der Waals surface area contributed by atoms with E-state index in [-0.39, 0.29) is 30.4 Å². The maximum atomic E-state index is 12.1. The van der Waals surface area contributed by atoms with Crippen molar-refractivity contribution in [2.75, 3.05) is 24.2 Å². The van der Waals surface area contributed by atoms with Crippen LogP contribution in [0.1, 0.15) is 12.2 Å². The topological polar surface area (TPSA) is 88.8 Å². The van der Waals surface area contributed by atoms with E-state index in [0.717, 1.165) is 10.6 Å². The zero-order valence-electron chi connectivity index (χ0n) is 13.9. The van der Waals surface area contributed by atoms with E-state index in [1.54, 1.807) is 24.3 Å². The number of benzene rings is 1. The molecule has 0 atom stereocenters. The number of nitrogens with one attached hydrogen (secondary N) is 1. The molecule has 9 heteroatoms. The molecular formula is C16H19ClN2O5S. The van der Waals surface area contributed by atoms with Gasteiger partial charge in [-0.1, -0.05) is 11.6 Å². The molecular weight excluding hydrogens is 368 g/mol. The zero-order chi connectivity index (χ0) is 18.4. The first kappa shape index (κ1) is 19.1. The molecule has 7 nitrogen and oxygen atoms in total. The predicted octanol–water partition coefficient (Wildman–Crippen LogP) is 2.41. The maximum absolute atomic E-state index is 12.1. The molecule has 1 N–H and O–H groups in total. The highest BCUT2D eigenvalue weighted by Crippen LogP contribution is 2.30. The third-order valence-corrected chi connectivity index (χ3v) is 4.89. The third kappa shape index (κ3) is 5.40. The van der Waals surface area contributed by atoms with Crippen LogP contribution in [0, 0.1) is 0 Å². The quantitative estimate of drug-likeness (QED) is 0.752. The van der Waals surface area contributed by atoms with Crippen molar-refractivity contribution in [1.29, 1.82) is 0 Å². The highest BCUT2D eigenvalue weighted by atomic mass is 35.5. The predicted molar refractivity (Wildman–Crippen MR) is 95.4 cm³/mol. The van der Waals surface area contributed by atoms with Gasteiger partial charge in [-0.2, -0.15) is 0 Å². The molecule has 0 saturated heterocycles. The molecule has 136 valence electrons. The lowest BCUT2D eigenvalue weighted by atomic mass is 10.3. The summed E-state index contributed by atoms with van der Waals surface area (Å²) in [5.74, 6) is 0.773. The monoisotopic (exact) mass is 386 g/mol. The average molecular weight is 387 g/mol. The van der Waals surface area contributed by atoms with Crippen molar-refractivity contribution in [2.24, 2.45) is 0 Å². The van der Waals surface area contributed by atoms with Crippen molar-refractivity contribution in [2.45, 2.75) is 13.0 Å². The lowest BCUT2D eigenvalue weighted by Gasteiger charge is -2.22. The number of halogens is 1. The number of furan rings is 1. The van der Waals surface area contributed by atoms with E-state index in [9.17, 15) is 13.2 Å². The van der Waals surface area contributed by atoms with Crippen LogP contribution in [0.5, 0.6) is 5.75 Å². The SMILES string of the molecule is COc1ccc(N(CCC(=O)NCc2ccco2)S(C)(=O)=O)cc1Cl. The van der Waals surface area contributed by atoms with Gasteiger partial charge < -0.3 is 14.5 Å². The molecule has 1 aromatic heterocycles. The van der Waals surface area contributed by atoms with Gasteiger partial charge >= 0.3 is 0 Å². The van der Waals surface area contributed by atoms with Gasteiger partial charge in [0.25, 0.3) is 0 Å². The molecule has 0 aliphatic rings. The smallest absolute Gasteiger partial charge is 0.232 e. The minimum Gasteiger partial charge on any atom is -0.495 e. The molecule has 2 rings (SSSR count). The number of carbonyl (C=O) groups is 1. The summed E-state index contributed by atoms with van der Waals surface area (Å²) in [7, 11) is -2.10. The molecule has 0 spiro atoms. The molecule has 1 aromatic carbocycles. The van der Waals surface area contributed by atoms with Crippen molar-refractivity contribution in [3.63, 3.8) is 0 Å². The standard InChI is InChI=1S/C16H19ClN2O5S/c1-23-15-6-5-12(10-14(15)17)19(25(2,21)22)8-7-16(20)18-11-13-4-3-9-24-13/h3-6,9-10H,7-8,11H2,1-2H3,(H,18,20). The van der Waals surface area contributed by atoms with Gasteiger partial charge in [-0.05, 0) is 30.3 Å². The normalized spacial score (nSPS) is 11.2. The first-order valence-corrected chi connectivity index (χ1v) is 9.64. The Kier molecular flexibility index (Phi) is 6.33. The van der Waals surface area contributed by atoms with Crippen LogP contribution in [0.25, 0.3) is 0 Å². The number of sulfonamides is 1. The molecule has 0 aliphatic carbocycles. The molecule has 25 heavy (non-hydrogen) atoms. The van der Waals surface area contributed by atoms with E-state index in [0.29, 0.717) is 17.2 Å². The lowest BCUT2D eigenvalue weighted by Crippen LogP contribution is -2.34. The van der Waals surface area contributed by atoms with Crippen LogP contribution in [0.4, 0.5) is 5.69 Å². The van der Waals surface area contributed by atoms with Gasteiger partial charge in [0, 0.05) is 13.0 Å². The first-order valence-electron chi connectivity index (χ1n) is 7.41. The molecule has 1 amide bonds. The molecule has 0 bridgehead atoms. The minimum atomic E-state index is -3.57. The Morgan fingerprint density at radius 3 is 2.68 bits per heavy atom. The van der Waals surface area contributed by atoms with Gasteiger partial charge in [-0.25, -0.2) is 8.42 Å². The minimum absolute atomic E-state index is 0.00255. The van der Waals surface area contributed by atoms with Gasteiger partial charge in [0.15, 0.2) is 0 Å². The Balaban J connectivity index is 2.03. The number of nitrogens with zero attached hydrogens (tertiary/aromatic N) is 1. The number of hydrogen-bond acceptors (Lipinski definition) is 5. The van der Waals surface area contributed by atoms with E-state index in [1.165, 1.54) is 19.4 Å². The van der Waals surface area contributed by atoms with E-state index in [1.807, 2.05) is 0 Å². The van der Waals surface area contributed by atoms with Crippen molar-refractivity contribution >= 4 is 33.2 Å². The number of rotatable bonds is 8. The van der Waals surface area contributed by atoms with Crippen molar-refractivity contribution < 1.29 is 22.4 Å². The number of methoxy groups -OCH3 is 1. The highest BCUT2D eigenvalue weighted by Gasteiger charge is 2.19. The second-order valence-electron chi connectivity index (χ2n) is 5.26. The van der Waals surface area contributed by atoms with Gasteiger partial charge in [-0.3, -0.25) is 9.10 Å². The summed E-state index contributed by atoms with van der Waals surface area (Å²) in [5, 5.41) is 2.96. The first-order chi connectivity index (χ1) is 11.8. The molecule has 0 fully saturated rings. The number of hydrogen-bond donors (Lipinski definition) is 1. The molecule has 0 saturated carbocycles. The van der Waals surface area contributed by atoms with Gasteiger partial charge in [0.05, 0.1) is 36.9 Å². The number of anilines is 1. The Morgan fingerprint density at radius 2 is 2.12 bits per heavy atom. The molecule has 0 aliphatic heterocycles. The fourth-order valence-electron chi connectivity index (χ4n) is 2.19. The fourth-order valence-corrected chi connectivity index (χ4v) is 3.36. The summed E-state index contributed by atoms with van der Waals surface area (Å²) in [5.41, 5.74) is 0.368. The number of ether oxygens (including phenoxy) is 1. The van der Waals surface area contributed by atoms with Gasteiger partial charge in [0.1, 0.15) is 11.5 Å². The maximum Gasteiger partial charge on any atom is 0.232 e. The van der Waals surface area contributed by atoms with E-state index >= 15 is 0 Å². The molecule has 0 radical (unpaired) electrons. The Hall–Kier alpha value is -2.19. The number of amides is 1. The Morgan fingerprint density at radius 1 is 1.36 bits per heavy atom. The highest BCUT2D eigenvalue weighted by molar-refractivity contribution is 7.92. The summed E-state index contributed by atoms with van der Waals surface area (Å²) in [6, 6.07) is 8.10. The van der Waals surface area contributed by atoms with Crippen molar-refractivity contribution in [1.82, 2.24) is 5.32 Å². The Bertz CT molecular complexity index is 821. The van der Waals surface area contributed by atoms with E-state index in [4.69, 9.17) is 20.8 Å². The fraction of sp³-hybridized carbons (Fsp3) is 0.312. The summed E-state index contributed by atoms with van der Waals surface area (Å²) in [4.78, 5) is 11.9. The van der Waals surface area contributed by atoms with Crippen molar-refractivity contribution in [3.05, 3.63) is 47.4 Å². The van der Waals surface area contributed by atoms with Crippen LogP contribution < -0.4 is 14.4 Å². The van der Waals surface area contributed by atoms with E-state index in [2.05, 4.69) is 5.32 Å². The zero-order valence-corrected chi connectivity index (χ0v) is 15.4. The second-order valence-corrected chi connectivity index (χ2v) is 7.57. The van der Waals surface area contributed by atoms with Crippen LogP contribution in [-0.4, -0.2) is 34.2 Å². The van der Waals surface area contributed by atoms with Gasteiger partial charge in [0.2, 0.25) is 15.9 Å². The van der Waals surface area contributed by atoms with Crippen LogP contribution in [0.3, 0.4) is 0 Å². The summed E-state index contributed by atoms with van der Waals surface area (Å²) in [6.45, 7) is 0.241. The summed E-state index contributed by atoms with van der Waals surface area (Å²) < 4.78 is 35.4. The van der Waals surface area contributed by atoms with Crippen LogP contribution in [-0.2, 0) is 21.4 Å².